The SMILES string of the molecule is COC(=O)c1ccc(C#CN(Cc2ccc(Br)cc2)S(=O)(=O)c2ccc(Br)cc2)cc1. The Morgan fingerprint density at radius 3 is 2.00 bits per heavy atom. The molecule has 0 unspecified atom stereocenters. The summed E-state index contributed by atoms with van der Waals surface area (Å²) in [6.45, 7) is 0.0823. The molecule has 0 fully saturated rings. The maximum absolute atomic E-state index is 13.3. The van der Waals surface area contributed by atoms with Crippen molar-refractivity contribution >= 4 is 47.9 Å². The molecule has 0 radical (unpaired) electrons. The summed E-state index contributed by atoms with van der Waals surface area (Å²) in [5.41, 5.74) is 1.75. The lowest BCUT2D eigenvalue weighted by atomic mass is 10.1. The van der Waals surface area contributed by atoms with Crippen LogP contribution in [-0.4, -0.2) is 25.8 Å². The van der Waals surface area contributed by atoms with Crippen LogP contribution in [0.5, 0.6) is 0 Å². The van der Waals surface area contributed by atoms with Crippen LogP contribution in [0.4, 0.5) is 0 Å². The zero-order valence-electron chi connectivity index (χ0n) is 16.4. The summed E-state index contributed by atoms with van der Waals surface area (Å²) in [6.07, 6.45) is 0. The predicted octanol–water partition coefficient (Wildman–Crippen LogP) is 5.20. The van der Waals surface area contributed by atoms with E-state index in [0.29, 0.717) is 11.1 Å². The fourth-order valence-electron chi connectivity index (χ4n) is 2.61. The average molecular weight is 563 g/mol. The van der Waals surface area contributed by atoms with Gasteiger partial charge < -0.3 is 4.74 Å². The molecule has 3 aromatic rings. The van der Waals surface area contributed by atoms with Gasteiger partial charge in [0.05, 0.1) is 24.1 Å². The molecular formula is C23H17Br2NO4S. The number of hydrogen-bond donors (Lipinski definition) is 0. The molecule has 0 bridgehead atoms. The van der Waals surface area contributed by atoms with Crippen molar-refractivity contribution in [2.45, 2.75) is 11.4 Å². The number of methoxy groups -OCH3 is 1. The van der Waals surface area contributed by atoms with Gasteiger partial charge in [-0.1, -0.05) is 44.0 Å². The highest BCUT2D eigenvalue weighted by Gasteiger charge is 2.22. The first-order valence-corrected chi connectivity index (χ1v) is 12.0. The minimum Gasteiger partial charge on any atom is -0.465 e. The Kier molecular flexibility index (Phi) is 7.55. The Balaban J connectivity index is 1.96. The molecule has 0 N–H and O–H groups in total. The topological polar surface area (TPSA) is 63.7 Å². The third kappa shape index (κ3) is 5.97. The molecule has 0 heterocycles. The molecule has 5 nitrogen and oxygen atoms in total. The van der Waals surface area contributed by atoms with Crippen molar-refractivity contribution in [1.29, 1.82) is 0 Å². The van der Waals surface area contributed by atoms with Gasteiger partial charge >= 0.3 is 5.97 Å². The quantitative estimate of drug-likeness (QED) is 0.244. The first kappa shape index (κ1) is 23.1. The second-order valence-electron chi connectivity index (χ2n) is 6.40. The summed E-state index contributed by atoms with van der Waals surface area (Å²) in [5.74, 6) is 2.42. The molecule has 0 atom stereocenters. The summed E-state index contributed by atoms with van der Waals surface area (Å²) in [5, 5.41) is 0. The van der Waals surface area contributed by atoms with Gasteiger partial charge in [-0.05, 0) is 72.1 Å². The van der Waals surface area contributed by atoms with Crippen molar-refractivity contribution < 1.29 is 17.9 Å². The van der Waals surface area contributed by atoms with E-state index in [1.165, 1.54) is 19.2 Å². The fraction of sp³-hybridized carbons (Fsp3) is 0.0870. The van der Waals surface area contributed by atoms with Gasteiger partial charge in [-0.15, -0.1) is 0 Å². The number of esters is 1. The molecule has 0 aliphatic carbocycles. The number of sulfonamides is 1. The highest BCUT2D eigenvalue weighted by Crippen LogP contribution is 2.21. The zero-order valence-corrected chi connectivity index (χ0v) is 20.4. The fourth-order valence-corrected chi connectivity index (χ4v) is 4.36. The lowest BCUT2D eigenvalue weighted by Gasteiger charge is -2.18. The van der Waals surface area contributed by atoms with Gasteiger partial charge in [0.2, 0.25) is 0 Å². The van der Waals surface area contributed by atoms with Crippen LogP contribution in [0.2, 0.25) is 0 Å². The Bertz CT molecular complexity index is 1230. The van der Waals surface area contributed by atoms with E-state index in [1.807, 2.05) is 24.3 Å². The third-order valence-electron chi connectivity index (χ3n) is 4.27. The summed E-state index contributed by atoms with van der Waals surface area (Å²) >= 11 is 6.70. The van der Waals surface area contributed by atoms with Gasteiger partial charge in [0.15, 0.2) is 0 Å². The van der Waals surface area contributed by atoms with Crippen molar-refractivity contribution in [3.8, 4) is 12.0 Å². The normalized spacial score (nSPS) is 10.7. The Morgan fingerprint density at radius 2 is 1.45 bits per heavy atom. The second kappa shape index (κ2) is 10.1. The van der Waals surface area contributed by atoms with Gasteiger partial charge in [0, 0.05) is 20.6 Å². The number of halogens is 2. The van der Waals surface area contributed by atoms with Gasteiger partial charge in [0.1, 0.15) is 0 Å². The van der Waals surface area contributed by atoms with Crippen LogP contribution >= 0.6 is 31.9 Å². The number of carbonyl (C=O) groups is 1. The Labute approximate surface area is 198 Å². The molecule has 0 aliphatic rings. The average Bonchev–Trinajstić information content (AvgIpc) is 2.78. The summed E-state index contributed by atoms with van der Waals surface area (Å²) in [6, 6.07) is 23.0. The van der Waals surface area contributed by atoms with E-state index in [1.54, 1.807) is 36.4 Å². The molecule has 3 rings (SSSR count). The molecule has 0 aromatic heterocycles. The third-order valence-corrected chi connectivity index (χ3v) is 7.00. The number of carbonyl (C=O) groups excluding carboxylic acids is 1. The largest absolute Gasteiger partial charge is 0.465 e. The Morgan fingerprint density at radius 1 is 0.903 bits per heavy atom. The van der Waals surface area contributed by atoms with Gasteiger partial charge in [-0.25, -0.2) is 17.5 Å². The van der Waals surface area contributed by atoms with Gasteiger partial charge in [-0.2, -0.15) is 0 Å². The molecular weight excluding hydrogens is 546 g/mol. The maximum atomic E-state index is 13.3. The van der Waals surface area contributed by atoms with E-state index in [-0.39, 0.29) is 11.4 Å². The van der Waals surface area contributed by atoms with E-state index >= 15 is 0 Å². The number of rotatable bonds is 5. The molecule has 31 heavy (non-hydrogen) atoms. The number of nitrogens with zero attached hydrogens (tertiary/aromatic N) is 1. The second-order valence-corrected chi connectivity index (χ2v) is 10.1. The van der Waals surface area contributed by atoms with Crippen LogP contribution in [0.1, 0.15) is 21.5 Å². The van der Waals surface area contributed by atoms with Crippen LogP contribution in [0, 0.1) is 12.0 Å². The molecule has 3 aromatic carbocycles. The molecule has 0 amide bonds. The standard InChI is InChI=1S/C23H17Br2NO4S/c1-30-23(27)19-6-2-17(3-7-19)14-15-26(16-18-4-8-20(24)9-5-18)31(28,29)22-12-10-21(25)11-13-22/h2-13H,16H2,1H3. The van der Waals surface area contributed by atoms with E-state index in [0.717, 1.165) is 18.8 Å². The molecule has 0 aliphatic heterocycles. The maximum Gasteiger partial charge on any atom is 0.337 e. The predicted molar refractivity (Wildman–Crippen MR) is 126 cm³/mol. The van der Waals surface area contributed by atoms with Crippen molar-refractivity contribution in [2.24, 2.45) is 0 Å². The van der Waals surface area contributed by atoms with E-state index in [4.69, 9.17) is 0 Å². The summed E-state index contributed by atoms with van der Waals surface area (Å²) in [4.78, 5) is 11.7. The lowest BCUT2D eigenvalue weighted by Crippen LogP contribution is -2.26. The minimum atomic E-state index is -3.87. The van der Waals surface area contributed by atoms with Gasteiger partial charge in [-0.3, -0.25) is 0 Å². The monoisotopic (exact) mass is 561 g/mol. The first-order chi connectivity index (χ1) is 14.8. The molecule has 0 spiro atoms. The molecule has 0 saturated carbocycles. The first-order valence-electron chi connectivity index (χ1n) is 9.02. The van der Waals surface area contributed by atoms with Crippen molar-refractivity contribution in [3.05, 3.63) is 98.4 Å². The van der Waals surface area contributed by atoms with Crippen LogP contribution in [0.3, 0.4) is 0 Å². The van der Waals surface area contributed by atoms with Gasteiger partial charge in [0.25, 0.3) is 10.0 Å². The van der Waals surface area contributed by atoms with E-state index in [9.17, 15) is 13.2 Å². The highest BCUT2D eigenvalue weighted by atomic mass is 79.9. The van der Waals surface area contributed by atoms with Crippen molar-refractivity contribution in [2.75, 3.05) is 7.11 Å². The Hall–Kier alpha value is -2.60. The van der Waals surface area contributed by atoms with Crippen molar-refractivity contribution in [3.63, 3.8) is 0 Å². The number of hydrogen-bond acceptors (Lipinski definition) is 4. The summed E-state index contributed by atoms with van der Waals surface area (Å²) < 4.78 is 34.0. The van der Waals surface area contributed by atoms with E-state index in [2.05, 4.69) is 48.6 Å². The molecule has 8 heteroatoms. The molecule has 0 saturated heterocycles. The minimum absolute atomic E-state index is 0.0823. The van der Waals surface area contributed by atoms with Crippen LogP contribution in [-0.2, 0) is 21.3 Å². The van der Waals surface area contributed by atoms with Crippen molar-refractivity contribution in [1.82, 2.24) is 4.31 Å². The smallest absolute Gasteiger partial charge is 0.337 e. The highest BCUT2D eigenvalue weighted by molar-refractivity contribution is 9.10. The van der Waals surface area contributed by atoms with Crippen LogP contribution in [0.15, 0.2) is 86.6 Å². The van der Waals surface area contributed by atoms with E-state index < -0.39 is 16.0 Å². The lowest BCUT2D eigenvalue weighted by molar-refractivity contribution is 0.0600. The number of ether oxygens (including phenoxy) is 1. The zero-order chi connectivity index (χ0) is 22.4. The number of benzene rings is 3. The van der Waals surface area contributed by atoms with Crippen LogP contribution in [0.25, 0.3) is 0 Å². The molecule has 158 valence electrons. The van der Waals surface area contributed by atoms with Crippen LogP contribution < -0.4 is 0 Å². The summed E-state index contributed by atoms with van der Waals surface area (Å²) in [7, 11) is -2.56.